The van der Waals surface area contributed by atoms with Crippen molar-refractivity contribution in [2.24, 2.45) is 11.1 Å². The van der Waals surface area contributed by atoms with E-state index in [1.165, 1.54) is 23.4 Å². The van der Waals surface area contributed by atoms with Crippen LogP contribution in [0, 0.1) is 5.41 Å². The number of carbonyl (C=O) groups excluding carboxylic acids is 2. The molecule has 9 rings (SSSR count). The zero-order chi connectivity index (χ0) is 42.4. The summed E-state index contributed by atoms with van der Waals surface area (Å²) in [4.78, 5) is 40.8. The Morgan fingerprint density at radius 2 is 1.79 bits per heavy atom. The number of carbonyl (C=O) groups is 2. The number of nitrogens with one attached hydrogen (secondary N) is 1. The highest BCUT2D eigenvalue weighted by molar-refractivity contribution is 6.08. The number of piperazine rings is 1. The average Bonchev–Trinajstić information content (AvgIpc) is 4.11. The number of fused-ring (bicyclic) bond motifs is 6. The first kappa shape index (κ1) is 42.2. The van der Waals surface area contributed by atoms with Gasteiger partial charge in [0.05, 0.1) is 49.1 Å². The number of hydrogen-bond donors (Lipinski definition) is 2. The molecule has 3 N–H and O–H groups in total. The van der Waals surface area contributed by atoms with Gasteiger partial charge in [-0.3, -0.25) is 24.5 Å². The van der Waals surface area contributed by atoms with Crippen LogP contribution in [0.2, 0.25) is 0 Å². The fraction of sp³-hybridized carbons (Fsp3) is 0.652. The van der Waals surface area contributed by atoms with Gasteiger partial charge >= 0.3 is 5.97 Å². The van der Waals surface area contributed by atoms with Gasteiger partial charge in [0.15, 0.2) is 25.2 Å². The van der Waals surface area contributed by atoms with Gasteiger partial charge in [-0.05, 0) is 75.8 Å². The molecule has 0 radical (unpaired) electrons. The van der Waals surface area contributed by atoms with Crippen LogP contribution >= 0.6 is 0 Å². The van der Waals surface area contributed by atoms with Crippen molar-refractivity contribution in [2.75, 3.05) is 102 Å². The van der Waals surface area contributed by atoms with E-state index in [0.717, 1.165) is 83.7 Å². The molecule has 15 nitrogen and oxygen atoms in total. The SMILES string of the molecule is CCn1c(-c2cc(N3CCN(C4CC4)CC3)cnc2[C@H](C)OC)c2c3cc(ccc31)N1CCO[C@H](C1)C(=[N+]1CCOCC1)[C@H](N)C(=O)N1CCC[C@H](N1)C(=O)OCC(C)(C)C2. The van der Waals surface area contributed by atoms with E-state index < -0.39 is 23.6 Å². The van der Waals surface area contributed by atoms with Gasteiger partial charge in [-0.25, -0.2) is 10.0 Å². The number of esters is 1. The summed E-state index contributed by atoms with van der Waals surface area (Å²) in [6.45, 7) is 18.2. The van der Waals surface area contributed by atoms with E-state index in [4.69, 9.17) is 29.7 Å². The maximum Gasteiger partial charge on any atom is 0.324 e. The molecule has 1 aromatic carbocycles. The van der Waals surface area contributed by atoms with E-state index in [2.05, 4.69) is 81.2 Å². The van der Waals surface area contributed by atoms with Gasteiger partial charge in [0.25, 0.3) is 5.91 Å². The van der Waals surface area contributed by atoms with Crippen LogP contribution < -0.4 is 21.0 Å². The lowest BCUT2D eigenvalue weighted by Gasteiger charge is -2.37. The zero-order valence-electron chi connectivity index (χ0n) is 36.9. The van der Waals surface area contributed by atoms with Crippen molar-refractivity contribution in [1.82, 2.24) is 24.9 Å². The van der Waals surface area contributed by atoms with E-state index in [0.29, 0.717) is 71.8 Å². The largest absolute Gasteiger partial charge is 0.464 e. The van der Waals surface area contributed by atoms with Crippen LogP contribution in [0.1, 0.15) is 70.7 Å². The molecule has 1 saturated carbocycles. The summed E-state index contributed by atoms with van der Waals surface area (Å²) in [5.41, 5.74) is 18.2. The van der Waals surface area contributed by atoms with Gasteiger partial charge in [0.1, 0.15) is 19.3 Å². The van der Waals surface area contributed by atoms with Crippen LogP contribution in [-0.2, 0) is 41.5 Å². The highest BCUT2D eigenvalue weighted by Crippen LogP contribution is 2.43. The molecule has 330 valence electrons. The van der Waals surface area contributed by atoms with Crippen molar-refractivity contribution in [2.45, 2.75) is 96.7 Å². The van der Waals surface area contributed by atoms with E-state index in [1.807, 2.05) is 6.20 Å². The molecule has 6 bridgehead atoms. The fourth-order valence-corrected chi connectivity index (χ4v) is 10.3. The summed E-state index contributed by atoms with van der Waals surface area (Å²) in [6, 6.07) is 8.30. The number of ether oxygens (including phenoxy) is 4. The lowest BCUT2D eigenvalue weighted by atomic mass is 9.84. The maximum absolute atomic E-state index is 14.3. The van der Waals surface area contributed by atoms with Crippen molar-refractivity contribution in [1.29, 1.82) is 0 Å². The van der Waals surface area contributed by atoms with Gasteiger partial charge in [0, 0.05) is 86.5 Å². The molecular formula is C46H66N9O6+. The summed E-state index contributed by atoms with van der Waals surface area (Å²) in [6.07, 6.45) is 5.89. The molecule has 1 amide bonds. The Labute approximate surface area is 360 Å². The van der Waals surface area contributed by atoms with Gasteiger partial charge in [-0.1, -0.05) is 13.8 Å². The van der Waals surface area contributed by atoms with Crippen LogP contribution in [-0.4, -0.2) is 158 Å². The van der Waals surface area contributed by atoms with Crippen molar-refractivity contribution in [3.8, 4) is 11.3 Å². The molecule has 1 aliphatic carbocycles. The van der Waals surface area contributed by atoms with E-state index in [-0.39, 0.29) is 24.6 Å². The van der Waals surface area contributed by atoms with Crippen molar-refractivity contribution >= 4 is 39.9 Å². The molecule has 4 saturated heterocycles. The Morgan fingerprint density at radius 1 is 1.00 bits per heavy atom. The van der Waals surface area contributed by atoms with Gasteiger partial charge in [-0.2, -0.15) is 0 Å². The highest BCUT2D eigenvalue weighted by atomic mass is 16.5. The number of aryl methyl sites for hydroxylation is 1. The standard InChI is InChI=1S/C46H66N9O6/c1-6-54-38-12-11-32-24-34(38)36(42(54)35-25-33(27-48-41(35)30(2)58-5)51-16-14-50(15-17-51)31-9-10-31)26-46(3,4)29-61-45(57)37-8-7-13-55(49-37)44(56)40(47)43(52-18-21-59-22-19-52)39-28-53(32)20-23-60-39/h11-12,24-25,27,30-31,37,39-40,49H,6-10,13-23,26,28-29,47H2,1-5H3/q+1/t30-,37-,39+,40-/m0/s1. The van der Waals surface area contributed by atoms with Crippen molar-refractivity contribution in [3.05, 3.63) is 41.7 Å². The number of hydrogen-bond acceptors (Lipinski definition) is 12. The molecule has 5 aliphatic heterocycles. The van der Waals surface area contributed by atoms with E-state index >= 15 is 0 Å². The number of aromatic nitrogens is 2. The minimum absolute atomic E-state index is 0.209. The van der Waals surface area contributed by atoms with Crippen LogP contribution in [0.15, 0.2) is 30.5 Å². The van der Waals surface area contributed by atoms with E-state index in [9.17, 15) is 9.59 Å². The molecule has 4 atom stereocenters. The minimum Gasteiger partial charge on any atom is -0.464 e. The summed E-state index contributed by atoms with van der Waals surface area (Å²) in [5, 5.41) is 2.69. The number of nitrogens with zero attached hydrogens (tertiary/aromatic N) is 7. The number of anilines is 2. The second kappa shape index (κ2) is 17.6. The highest BCUT2D eigenvalue weighted by Gasteiger charge is 2.43. The van der Waals surface area contributed by atoms with Crippen molar-refractivity contribution in [3.63, 3.8) is 0 Å². The smallest absolute Gasteiger partial charge is 0.324 e. The van der Waals surface area contributed by atoms with Crippen LogP contribution in [0.25, 0.3) is 22.2 Å². The maximum atomic E-state index is 14.3. The Bertz CT molecular complexity index is 2130. The summed E-state index contributed by atoms with van der Waals surface area (Å²) >= 11 is 0. The third kappa shape index (κ3) is 8.53. The summed E-state index contributed by atoms with van der Waals surface area (Å²) < 4.78 is 29.1. The molecule has 5 fully saturated rings. The van der Waals surface area contributed by atoms with Gasteiger partial charge < -0.3 is 39.0 Å². The molecule has 7 heterocycles. The number of amides is 1. The quantitative estimate of drug-likeness (QED) is 0.278. The van der Waals surface area contributed by atoms with E-state index in [1.54, 1.807) is 7.11 Å². The normalized spacial score (nSPS) is 26.4. The number of hydrazine groups is 1. The number of benzene rings is 1. The second-order valence-electron chi connectivity index (χ2n) is 18.6. The molecule has 0 unspecified atom stereocenters. The number of morpholine rings is 2. The third-order valence-electron chi connectivity index (χ3n) is 13.8. The molecular weight excluding hydrogens is 775 g/mol. The van der Waals surface area contributed by atoms with Crippen LogP contribution in [0.5, 0.6) is 0 Å². The summed E-state index contributed by atoms with van der Waals surface area (Å²) in [5.74, 6) is -0.640. The molecule has 0 spiro atoms. The van der Waals surface area contributed by atoms with Crippen LogP contribution in [0.4, 0.5) is 11.4 Å². The Hall–Kier alpha value is -4.12. The Balaban J connectivity index is 1.18. The molecule has 61 heavy (non-hydrogen) atoms. The number of nitrogens with two attached hydrogens (primary N) is 1. The van der Waals surface area contributed by atoms with Gasteiger partial charge in [-0.15, -0.1) is 0 Å². The predicted molar refractivity (Wildman–Crippen MR) is 235 cm³/mol. The second-order valence-corrected chi connectivity index (χ2v) is 18.6. The lowest BCUT2D eigenvalue weighted by molar-refractivity contribution is -0.552. The first-order valence-corrected chi connectivity index (χ1v) is 22.8. The number of methoxy groups -OCH3 is 1. The Morgan fingerprint density at radius 3 is 2.52 bits per heavy atom. The first-order chi connectivity index (χ1) is 29.5. The lowest BCUT2D eigenvalue weighted by Crippen LogP contribution is -2.64. The zero-order valence-corrected chi connectivity index (χ0v) is 36.9. The first-order valence-electron chi connectivity index (χ1n) is 22.8. The topological polar surface area (TPSA) is 143 Å². The molecule has 3 aromatic rings. The number of cyclic esters (lactones) is 1. The monoisotopic (exact) mass is 841 g/mol. The average molecular weight is 841 g/mol. The third-order valence-corrected chi connectivity index (χ3v) is 13.8. The number of rotatable bonds is 6. The Kier molecular flexibility index (Phi) is 12.2. The number of pyridine rings is 1. The predicted octanol–water partition coefficient (Wildman–Crippen LogP) is 3.35. The minimum atomic E-state index is -0.964. The van der Waals surface area contributed by atoms with Crippen LogP contribution in [0.3, 0.4) is 0 Å². The molecule has 6 aliphatic rings. The molecule has 2 aromatic heterocycles. The fourth-order valence-electron chi connectivity index (χ4n) is 10.3. The van der Waals surface area contributed by atoms with Gasteiger partial charge in [0.2, 0.25) is 5.71 Å². The van der Waals surface area contributed by atoms with Crippen molar-refractivity contribution < 1.29 is 33.1 Å². The summed E-state index contributed by atoms with van der Waals surface area (Å²) in [7, 11) is 1.75. The molecule has 15 heteroatoms.